The number of hydrogen-bond acceptors (Lipinski definition) is 3. The van der Waals surface area contributed by atoms with Crippen LogP contribution in [0, 0.1) is 12.8 Å². The molecule has 0 fully saturated rings. The van der Waals surface area contributed by atoms with Gasteiger partial charge in [0, 0.05) is 43.7 Å². The summed E-state index contributed by atoms with van der Waals surface area (Å²) >= 11 is 6.41. The first-order valence-electron chi connectivity index (χ1n) is 9.64. The summed E-state index contributed by atoms with van der Waals surface area (Å²) in [6.45, 7) is 8.11. The maximum atomic E-state index is 12.2. The van der Waals surface area contributed by atoms with Crippen LogP contribution in [-0.4, -0.2) is 25.2 Å². The van der Waals surface area contributed by atoms with E-state index in [1.54, 1.807) is 23.3 Å². The van der Waals surface area contributed by atoms with Gasteiger partial charge in [-0.05, 0) is 30.0 Å². The van der Waals surface area contributed by atoms with Gasteiger partial charge in [-0.15, -0.1) is 0 Å². The van der Waals surface area contributed by atoms with Crippen molar-refractivity contribution in [3.05, 3.63) is 76.6 Å². The molecule has 0 aliphatic rings. The quantitative estimate of drug-likeness (QED) is 0.568. The molecule has 1 amide bonds. The lowest BCUT2D eigenvalue weighted by Gasteiger charge is -2.06. The zero-order valence-electron chi connectivity index (χ0n) is 17.0. The third-order valence-electron chi connectivity index (χ3n) is 4.46. The second-order valence-electron chi connectivity index (χ2n) is 7.47. The Kier molecular flexibility index (Phi) is 6.88. The predicted octanol–water partition coefficient (Wildman–Crippen LogP) is 4.08. The molecule has 1 aromatic carbocycles. The summed E-state index contributed by atoms with van der Waals surface area (Å²) < 4.78 is 3.79. The first-order chi connectivity index (χ1) is 13.9. The summed E-state index contributed by atoms with van der Waals surface area (Å²) in [5, 5.41) is 7.92. The molecule has 0 saturated heterocycles. The van der Waals surface area contributed by atoms with Crippen molar-refractivity contribution >= 4 is 23.6 Å². The highest BCUT2D eigenvalue weighted by molar-refractivity contribution is 6.31. The minimum atomic E-state index is -0.167. The Balaban J connectivity index is 1.54. The average Bonchev–Trinajstić information content (AvgIpc) is 3.28. The number of carbonyl (C=O) groups is 1. The van der Waals surface area contributed by atoms with Gasteiger partial charge in [-0.1, -0.05) is 49.7 Å². The van der Waals surface area contributed by atoms with Crippen LogP contribution in [0.5, 0.6) is 0 Å². The fourth-order valence-corrected chi connectivity index (χ4v) is 3.29. The molecule has 3 aromatic rings. The number of aryl methyl sites for hydroxylation is 1. The normalized spacial score (nSPS) is 11.5. The molecule has 0 spiro atoms. The molecule has 152 valence electrons. The molecule has 0 aliphatic heterocycles. The van der Waals surface area contributed by atoms with Gasteiger partial charge in [0.15, 0.2) is 0 Å². The number of nitrogens with one attached hydrogen (secondary N) is 1. The molecular weight excluding hydrogens is 386 g/mol. The molecule has 3 rings (SSSR count). The molecule has 29 heavy (non-hydrogen) atoms. The van der Waals surface area contributed by atoms with E-state index >= 15 is 0 Å². The van der Waals surface area contributed by atoms with Crippen molar-refractivity contribution in [3.63, 3.8) is 0 Å². The van der Waals surface area contributed by atoms with Crippen molar-refractivity contribution in [1.29, 1.82) is 0 Å². The van der Waals surface area contributed by atoms with E-state index in [9.17, 15) is 4.79 Å². The third-order valence-corrected chi connectivity index (χ3v) is 4.86. The van der Waals surface area contributed by atoms with Gasteiger partial charge in [-0.25, -0.2) is 4.98 Å². The molecule has 0 bridgehead atoms. The van der Waals surface area contributed by atoms with Gasteiger partial charge in [-0.2, -0.15) is 5.10 Å². The minimum Gasteiger partial charge on any atom is -0.348 e. The Bertz CT molecular complexity index is 972. The Morgan fingerprint density at radius 2 is 1.97 bits per heavy atom. The van der Waals surface area contributed by atoms with E-state index in [0.717, 1.165) is 29.9 Å². The number of benzene rings is 1. The van der Waals surface area contributed by atoms with Gasteiger partial charge in [0.1, 0.15) is 5.15 Å². The molecule has 0 aliphatic carbocycles. The van der Waals surface area contributed by atoms with Crippen LogP contribution in [0.25, 0.3) is 6.08 Å². The van der Waals surface area contributed by atoms with E-state index in [1.165, 1.54) is 11.6 Å². The summed E-state index contributed by atoms with van der Waals surface area (Å²) in [6, 6.07) is 8.16. The first-order valence-corrected chi connectivity index (χ1v) is 10.0. The minimum absolute atomic E-state index is 0.167. The SMILES string of the molecule is Cc1nn(CC(C)C)c(Cl)c1/C=C/C(=O)NCc1ccc(Cn2ccnc2)cc1. The highest BCUT2D eigenvalue weighted by Gasteiger charge is 2.12. The summed E-state index contributed by atoms with van der Waals surface area (Å²) in [5.41, 5.74) is 3.82. The van der Waals surface area contributed by atoms with Crippen LogP contribution in [0.1, 0.15) is 36.2 Å². The molecule has 2 aromatic heterocycles. The van der Waals surface area contributed by atoms with Crippen molar-refractivity contribution in [1.82, 2.24) is 24.6 Å². The molecule has 6 nitrogen and oxygen atoms in total. The van der Waals surface area contributed by atoms with E-state index in [0.29, 0.717) is 17.6 Å². The maximum Gasteiger partial charge on any atom is 0.244 e. The van der Waals surface area contributed by atoms with Crippen LogP contribution < -0.4 is 5.32 Å². The highest BCUT2D eigenvalue weighted by Crippen LogP contribution is 2.22. The van der Waals surface area contributed by atoms with Crippen LogP contribution in [0.4, 0.5) is 0 Å². The van der Waals surface area contributed by atoms with Crippen molar-refractivity contribution in [2.75, 3.05) is 0 Å². The molecule has 0 atom stereocenters. The van der Waals surface area contributed by atoms with Crippen LogP contribution in [0.2, 0.25) is 5.15 Å². The number of rotatable bonds is 8. The lowest BCUT2D eigenvalue weighted by atomic mass is 10.1. The van der Waals surface area contributed by atoms with Gasteiger partial charge in [0.05, 0.1) is 12.0 Å². The van der Waals surface area contributed by atoms with Crippen molar-refractivity contribution in [3.8, 4) is 0 Å². The van der Waals surface area contributed by atoms with Crippen LogP contribution >= 0.6 is 11.6 Å². The van der Waals surface area contributed by atoms with Gasteiger partial charge in [0.2, 0.25) is 5.91 Å². The maximum absolute atomic E-state index is 12.2. The molecule has 0 radical (unpaired) electrons. The Hall–Kier alpha value is -2.86. The smallest absolute Gasteiger partial charge is 0.244 e. The Morgan fingerprint density at radius 1 is 1.24 bits per heavy atom. The van der Waals surface area contributed by atoms with Gasteiger partial charge >= 0.3 is 0 Å². The zero-order chi connectivity index (χ0) is 20.8. The monoisotopic (exact) mass is 411 g/mol. The molecule has 7 heteroatoms. The largest absolute Gasteiger partial charge is 0.348 e. The Labute approximate surface area is 176 Å². The highest BCUT2D eigenvalue weighted by atomic mass is 35.5. The van der Waals surface area contributed by atoms with Crippen molar-refractivity contribution in [2.24, 2.45) is 5.92 Å². The number of aromatic nitrogens is 4. The number of imidazole rings is 1. The van der Waals surface area contributed by atoms with E-state index < -0.39 is 0 Å². The van der Waals surface area contributed by atoms with Gasteiger partial charge in [-0.3, -0.25) is 9.48 Å². The zero-order valence-corrected chi connectivity index (χ0v) is 17.7. The van der Waals surface area contributed by atoms with Crippen molar-refractivity contribution < 1.29 is 4.79 Å². The fraction of sp³-hybridized carbons (Fsp3) is 0.318. The van der Waals surface area contributed by atoms with Crippen molar-refractivity contribution in [2.45, 2.75) is 40.4 Å². The molecular formula is C22H26ClN5O. The summed E-state index contributed by atoms with van der Waals surface area (Å²) in [4.78, 5) is 16.2. The standard InChI is InChI=1S/C22H26ClN5O/c1-16(2)13-28-22(23)20(17(3)26-28)8-9-21(29)25-12-18-4-6-19(7-5-18)14-27-11-10-24-15-27/h4-11,15-16H,12-14H2,1-3H3,(H,25,29)/b9-8+. The predicted molar refractivity (Wildman–Crippen MR) is 115 cm³/mol. The van der Waals surface area contributed by atoms with E-state index in [4.69, 9.17) is 11.6 Å². The summed E-state index contributed by atoms with van der Waals surface area (Å²) in [6.07, 6.45) is 8.72. The molecule has 0 saturated carbocycles. The van der Waals surface area contributed by atoms with Crippen LogP contribution in [0.3, 0.4) is 0 Å². The number of halogens is 1. The summed E-state index contributed by atoms with van der Waals surface area (Å²) in [7, 11) is 0. The third kappa shape index (κ3) is 5.81. The van der Waals surface area contributed by atoms with E-state index in [-0.39, 0.29) is 5.91 Å². The number of carbonyl (C=O) groups excluding carboxylic acids is 1. The van der Waals surface area contributed by atoms with E-state index in [1.807, 2.05) is 29.8 Å². The van der Waals surface area contributed by atoms with Gasteiger partial charge < -0.3 is 9.88 Å². The lowest BCUT2D eigenvalue weighted by molar-refractivity contribution is -0.116. The number of amides is 1. The molecule has 2 heterocycles. The second kappa shape index (κ2) is 9.56. The first kappa shape index (κ1) is 20.9. The second-order valence-corrected chi connectivity index (χ2v) is 7.83. The van der Waals surface area contributed by atoms with E-state index in [2.05, 4.69) is 41.4 Å². The summed E-state index contributed by atoms with van der Waals surface area (Å²) in [5.74, 6) is 0.276. The number of nitrogens with zero attached hydrogens (tertiary/aromatic N) is 4. The average molecular weight is 412 g/mol. The topological polar surface area (TPSA) is 64.7 Å². The van der Waals surface area contributed by atoms with Crippen LogP contribution in [-0.2, 0) is 24.4 Å². The number of hydrogen-bond donors (Lipinski definition) is 1. The van der Waals surface area contributed by atoms with Gasteiger partial charge in [0.25, 0.3) is 0 Å². The molecule has 0 unspecified atom stereocenters. The lowest BCUT2D eigenvalue weighted by Crippen LogP contribution is -2.20. The van der Waals surface area contributed by atoms with Crippen LogP contribution in [0.15, 0.2) is 49.1 Å². The fourth-order valence-electron chi connectivity index (χ4n) is 2.98. The Morgan fingerprint density at radius 3 is 2.62 bits per heavy atom. The molecule has 1 N–H and O–H groups in total.